The molecule has 276 valence electrons. The Labute approximate surface area is 313 Å². The molecule has 7 nitrogen and oxygen atoms in total. The van der Waals surface area contributed by atoms with Crippen molar-refractivity contribution in [2.45, 2.75) is 109 Å². The van der Waals surface area contributed by atoms with Crippen molar-refractivity contribution in [2.24, 2.45) is 0 Å². The Balaban J connectivity index is 0.000000190. The van der Waals surface area contributed by atoms with Crippen LogP contribution in [-0.4, -0.2) is 34.2 Å². The van der Waals surface area contributed by atoms with E-state index >= 15 is 0 Å². The van der Waals surface area contributed by atoms with Gasteiger partial charge in [-0.25, -0.2) is 0 Å². The fraction of sp³-hybridized carbons (Fsp3) is 0.370. The lowest BCUT2D eigenvalue weighted by molar-refractivity contribution is -0.191. The van der Waals surface area contributed by atoms with Crippen molar-refractivity contribution >= 4 is 23.5 Å². The third-order valence-corrected chi connectivity index (χ3v) is 11.3. The van der Waals surface area contributed by atoms with Crippen molar-refractivity contribution in [1.82, 2.24) is 10.6 Å². The van der Waals surface area contributed by atoms with Crippen molar-refractivity contribution in [2.75, 3.05) is 0 Å². The molecule has 1 aliphatic heterocycles. The lowest BCUT2D eigenvalue weighted by Crippen LogP contribution is -2.49. The molecule has 2 saturated carbocycles. The standard InChI is InChI=1S/C23H29NO.C22H23NO2.CO2/c1-3-23(14-8-5-9-15-23)24-22(25)17-20-12-13-21(16-18(20)2)19-10-6-4-7-11-19;1-15-14-17(16-8-4-2-5-9-16)10-11-18(15)19-20(24)22(23-21(19)25)12-6-3-7-13-22;2-1-3/h4,6-7,10-13,16H,3,5,8-9,14-15,17H2,1-2H3,(H,24,25);2,4-5,8-11,14,24H,3,6-7,12-13H2,1H3,(H,23,25);. The average molecular weight is 713 g/mol. The first-order chi connectivity index (χ1) is 25.6. The minimum absolute atomic E-state index is 0.0349. The van der Waals surface area contributed by atoms with Crippen LogP contribution in [0.4, 0.5) is 0 Å². The zero-order chi connectivity index (χ0) is 37.8. The van der Waals surface area contributed by atoms with Crippen molar-refractivity contribution in [3.8, 4) is 22.3 Å². The number of benzene rings is 4. The summed E-state index contributed by atoms with van der Waals surface area (Å²) in [6.07, 6.45) is 12.7. The molecule has 53 heavy (non-hydrogen) atoms. The van der Waals surface area contributed by atoms with Gasteiger partial charge in [-0.1, -0.05) is 143 Å². The first kappa shape index (κ1) is 39.0. The van der Waals surface area contributed by atoms with Crippen LogP contribution in [0.5, 0.6) is 0 Å². The normalized spacial score (nSPS) is 17.0. The van der Waals surface area contributed by atoms with Crippen LogP contribution in [0.3, 0.4) is 0 Å². The molecule has 1 heterocycles. The maximum atomic E-state index is 12.6. The van der Waals surface area contributed by atoms with Crippen molar-refractivity contribution in [3.05, 3.63) is 125 Å². The average Bonchev–Trinajstić information content (AvgIpc) is 3.41. The monoisotopic (exact) mass is 712 g/mol. The second kappa shape index (κ2) is 18.0. The Morgan fingerprint density at radius 3 is 1.74 bits per heavy atom. The van der Waals surface area contributed by atoms with E-state index in [0.29, 0.717) is 12.0 Å². The summed E-state index contributed by atoms with van der Waals surface area (Å²) in [6, 6.07) is 33.1. The summed E-state index contributed by atoms with van der Waals surface area (Å²) < 4.78 is 0. The number of carbonyl (C=O) groups is 2. The fourth-order valence-electron chi connectivity index (χ4n) is 8.22. The minimum atomic E-state index is -0.533. The van der Waals surface area contributed by atoms with Gasteiger partial charge in [-0.2, -0.15) is 9.59 Å². The zero-order valence-electron chi connectivity index (χ0n) is 31.3. The van der Waals surface area contributed by atoms with Gasteiger partial charge in [0, 0.05) is 5.54 Å². The summed E-state index contributed by atoms with van der Waals surface area (Å²) in [6.45, 7) is 6.30. The SMILES string of the molecule is CCC1(NC(=O)Cc2ccc(-c3ccccc3)cc2C)CCCCC1.Cc1cc(-c2ccccc2)ccc1C1=C(O)C2(CCCCC2)NC1=O.O=C=O. The number of amides is 2. The van der Waals surface area contributed by atoms with E-state index in [9.17, 15) is 14.7 Å². The van der Waals surface area contributed by atoms with Gasteiger partial charge in [0.05, 0.1) is 17.5 Å². The van der Waals surface area contributed by atoms with Crippen LogP contribution in [0, 0.1) is 13.8 Å². The summed E-state index contributed by atoms with van der Waals surface area (Å²) in [5.41, 5.74) is 8.80. The fourth-order valence-corrected chi connectivity index (χ4v) is 8.22. The molecule has 2 fully saturated rings. The van der Waals surface area contributed by atoms with Crippen LogP contribution < -0.4 is 10.6 Å². The highest BCUT2D eigenvalue weighted by atomic mass is 16.3. The quantitative estimate of drug-likeness (QED) is 0.177. The minimum Gasteiger partial charge on any atom is -0.509 e. The largest absolute Gasteiger partial charge is 0.509 e. The Morgan fingerprint density at radius 2 is 1.23 bits per heavy atom. The van der Waals surface area contributed by atoms with E-state index in [4.69, 9.17) is 9.59 Å². The lowest BCUT2D eigenvalue weighted by atomic mass is 9.79. The third-order valence-electron chi connectivity index (χ3n) is 11.3. The van der Waals surface area contributed by atoms with Gasteiger partial charge < -0.3 is 15.7 Å². The molecule has 7 heteroatoms. The number of nitrogens with one attached hydrogen (secondary N) is 2. The molecule has 2 amide bonds. The van der Waals surface area contributed by atoms with Gasteiger partial charge >= 0.3 is 6.15 Å². The highest BCUT2D eigenvalue weighted by Crippen LogP contribution is 2.42. The van der Waals surface area contributed by atoms with Crippen molar-refractivity contribution in [1.29, 1.82) is 0 Å². The smallest absolute Gasteiger partial charge is 0.373 e. The van der Waals surface area contributed by atoms with Crippen LogP contribution in [0.2, 0.25) is 0 Å². The Bertz CT molecular complexity index is 1930. The molecule has 3 N–H and O–H groups in total. The van der Waals surface area contributed by atoms with Crippen LogP contribution in [0.15, 0.2) is 103 Å². The highest BCUT2D eigenvalue weighted by Gasteiger charge is 2.46. The van der Waals surface area contributed by atoms with E-state index in [0.717, 1.165) is 72.8 Å². The second-order valence-electron chi connectivity index (χ2n) is 14.7. The van der Waals surface area contributed by atoms with Gasteiger partial charge in [0.25, 0.3) is 5.91 Å². The van der Waals surface area contributed by atoms with Gasteiger partial charge in [-0.05, 0) is 90.5 Å². The number of aryl methyl sites for hydroxylation is 2. The molecule has 0 atom stereocenters. The number of rotatable bonds is 7. The molecule has 3 aliphatic rings. The molecule has 0 saturated heterocycles. The van der Waals surface area contributed by atoms with Crippen molar-refractivity contribution < 1.29 is 24.3 Å². The number of aliphatic hydroxyl groups excluding tert-OH is 1. The molecular weight excluding hydrogens is 661 g/mol. The summed E-state index contributed by atoms with van der Waals surface area (Å²) >= 11 is 0. The zero-order valence-corrected chi connectivity index (χ0v) is 31.3. The van der Waals surface area contributed by atoms with Gasteiger partial charge in [0.2, 0.25) is 5.91 Å². The number of aliphatic hydroxyl groups is 1. The molecule has 4 aromatic carbocycles. The summed E-state index contributed by atoms with van der Waals surface area (Å²) in [4.78, 5) is 41.5. The van der Waals surface area contributed by atoms with Crippen molar-refractivity contribution in [3.63, 3.8) is 0 Å². The molecular formula is C46H52N2O5. The molecule has 0 unspecified atom stereocenters. The molecule has 0 radical (unpaired) electrons. The highest BCUT2D eigenvalue weighted by molar-refractivity contribution is 6.23. The maximum Gasteiger partial charge on any atom is 0.373 e. The van der Waals surface area contributed by atoms with Gasteiger partial charge in [0.1, 0.15) is 5.76 Å². The molecule has 1 spiro atoms. The Hall–Kier alpha value is -5.26. The first-order valence-electron chi connectivity index (χ1n) is 19.0. The van der Waals surface area contributed by atoms with E-state index < -0.39 is 5.54 Å². The maximum absolute atomic E-state index is 12.6. The Kier molecular flexibility index (Phi) is 13.2. The number of hydrogen-bond acceptors (Lipinski definition) is 5. The summed E-state index contributed by atoms with van der Waals surface area (Å²) in [5.74, 6) is 0.266. The van der Waals surface area contributed by atoms with Crippen LogP contribution in [0.25, 0.3) is 27.8 Å². The second-order valence-corrected chi connectivity index (χ2v) is 14.7. The number of hydrogen-bond donors (Lipinski definition) is 3. The lowest BCUT2D eigenvalue weighted by Gasteiger charge is -2.37. The van der Waals surface area contributed by atoms with E-state index in [1.54, 1.807) is 0 Å². The molecule has 0 bridgehead atoms. The van der Waals surface area contributed by atoms with E-state index in [2.05, 4.69) is 85.1 Å². The van der Waals surface area contributed by atoms with Crippen LogP contribution in [-0.2, 0) is 25.6 Å². The molecule has 2 aliphatic carbocycles. The molecule has 4 aromatic rings. The van der Waals surface area contributed by atoms with E-state index in [1.165, 1.54) is 42.4 Å². The van der Waals surface area contributed by atoms with E-state index in [-0.39, 0.29) is 29.3 Å². The summed E-state index contributed by atoms with van der Waals surface area (Å²) in [7, 11) is 0. The van der Waals surface area contributed by atoms with E-state index in [1.807, 2.05) is 43.3 Å². The van der Waals surface area contributed by atoms with Crippen LogP contribution >= 0.6 is 0 Å². The third kappa shape index (κ3) is 9.40. The topological polar surface area (TPSA) is 113 Å². The number of carbonyl (C=O) groups excluding carboxylic acids is 4. The predicted molar refractivity (Wildman–Crippen MR) is 210 cm³/mol. The summed E-state index contributed by atoms with van der Waals surface area (Å²) in [5, 5.41) is 17.3. The first-order valence-corrected chi connectivity index (χ1v) is 19.0. The molecule has 7 rings (SSSR count). The van der Waals surface area contributed by atoms with Gasteiger partial charge in [-0.15, -0.1) is 0 Å². The Morgan fingerprint density at radius 1 is 0.717 bits per heavy atom. The van der Waals surface area contributed by atoms with Crippen LogP contribution in [0.1, 0.15) is 99.8 Å². The molecule has 0 aromatic heterocycles. The van der Waals surface area contributed by atoms with Gasteiger partial charge in [0.15, 0.2) is 0 Å². The predicted octanol–water partition coefficient (Wildman–Crippen LogP) is 9.61. The van der Waals surface area contributed by atoms with Gasteiger partial charge in [-0.3, -0.25) is 9.59 Å².